The van der Waals surface area contributed by atoms with E-state index in [1.807, 2.05) is 0 Å². The lowest BCUT2D eigenvalue weighted by molar-refractivity contribution is 0.392. The highest BCUT2D eigenvalue weighted by molar-refractivity contribution is 4.83. The van der Waals surface area contributed by atoms with E-state index in [1.165, 1.54) is 45.4 Å². The SMILES string of the molecule is CN1CCC(NCC2CCCN2)C1. The molecule has 2 heterocycles. The van der Waals surface area contributed by atoms with Crippen LogP contribution in [0.2, 0.25) is 0 Å². The van der Waals surface area contributed by atoms with Gasteiger partial charge in [0.2, 0.25) is 0 Å². The van der Waals surface area contributed by atoms with Gasteiger partial charge in [0.1, 0.15) is 0 Å². The predicted molar refractivity (Wildman–Crippen MR) is 54.9 cm³/mol. The third kappa shape index (κ3) is 2.66. The second-order valence-electron chi connectivity index (χ2n) is 4.45. The molecule has 2 N–H and O–H groups in total. The van der Waals surface area contributed by atoms with Crippen molar-refractivity contribution in [3.8, 4) is 0 Å². The van der Waals surface area contributed by atoms with Crippen molar-refractivity contribution in [2.75, 3.05) is 33.2 Å². The molecule has 0 aromatic rings. The highest BCUT2D eigenvalue weighted by atomic mass is 15.2. The molecule has 0 amide bonds. The third-order valence-electron chi connectivity index (χ3n) is 3.21. The second-order valence-corrected chi connectivity index (χ2v) is 4.45. The molecule has 0 aliphatic carbocycles. The molecule has 2 rings (SSSR count). The van der Waals surface area contributed by atoms with Crippen molar-refractivity contribution in [3.05, 3.63) is 0 Å². The number of hydrogen-bond donors (Lipinski definition) is 2. The second kappa shape index (κ2) is 4.40. The van der Waals surface area contributed by atoms with Gasteiger partial charge in [-0.3, -0.25) is 0 Å². The van der Waals surface area contributed by atoms with Gasteiger partial charge in [-0.25, -0.2) is 0 Å². The Bertz CT molecular complexity index is 154. The first-order valence-corrected chi connectivity index (χ1v) is 5.50. The molecule has 2 saturated heterocycles. The molecule has 0 aromatic heterocycles. The van der Waals surface area contributed by atoms with Gasteiger partial charge in [0.15, 0.2) is 0 Å². The van der Waals surface area contributed by atoms with E-state index in [2.05, 4.69) is 22.6 Å². The minimum Gasteiger partial charge on any atom is -0.313 e. The molecule has 2 aliphatic rings. The molecule has 2 aliphatic heterocycles. The van der Waals surface area contributed by atoms with Gasteiger partial charge in [-0.05, 0) is 39.4 Å². The topological polar surface area (TPSA) is 27.3 Å². The Morgan fingerprint density at radius 1 is 1.46 bits per heavy atom. The van der Waals surface area contributed by atoms with E-state index in [4.69, 9.17) is 0 Å². The Hall–Kier alpha value is -0.120. The number of nitrogens with zero attached hydrogens (tertiary/aromatic N) is 1. The van der Waals surface area contributed by atoms with Crippen molar-refractivity contribution < 1.29 is 0 Å². The zero-order valence-corrected chi connectivity index (χ0v) is 8.55. The Kier molecular flexibility index (Phi) is 3.19. The summed E-state index contributed by atoms with van der Waals surface area (Å²) in [6.07, 6.45) is 4.04. The normalized spacial score (nSPS) is 35.8. The Balaban J connectivity index is 1.62. The van der Waals surface area contributed by atoms with E-state index in [0.717, 1.165) is 12.1 Å². The Morgan fingerprint density at radius 2 is 2.38 bits per heavy atom. The summed E-state index contributed by atoms with van der Waals surface area (Å²) in [5, 5.41) is 7.17. The summed E-state index contributed by atoms with van der Waals surface area (Å²) >= 11 is 0. The van der Waals surface area contributed by atoms with Gasteiger partial charge in [-0.15, -0.1) is 0 Å². The number of hydrogen-bond acceptors (Lipinski definition) is 3. The van der Waals surface area contributed by atoms with Crippen molar-refractivity contribution in [2.24, 2.45) is 0 Å². The van der Waals surface area contributed by atoms with E-state index < -0.39 is 0 Å². The Morgan fingerprint density at radius 3 is 3.00 bits per heavy atom. The fraction of sp³-hybridized carbons (Fsp3) is 1.00. The van der Waals surface area contributed by atoms with Crippen LogP contribution in [0.4, 0.5) is 0 Å². The molecule has 13 heavy (non-hydrogen) atoms. The van der Waals surface area contributed by atoms with Crippen molar-refractivity contribution in [1.29, 1.82) is 0 Å². The lowest BCUT2D eigenvalue weighted by Crippen LogP contribution is -2.40. The molecule has 2 unspecified atom stereocenters. The van der Waals surface area contributed by atoms with Gasteiger partial charge in [-0.1, -0.05) is 0 Å². The molecule has 0 aromatic carbocycles. The number of likely N-dealkylation sites (tertiary alicyclic amines) is 1. The molecule has 3 nitrogen and oxygen atoms in total. The largest absolute Gasteiger partial charge is 0.313 e. The average molecular weight is 183 g/mol. The maximum absolute atomic E-state index is 3.65. The Labute approximate surface area is 80.9 Å². The first-order chi connectivity index (χ1) is 6.34. The molecule has 0 saturated carbocycles. The van der Waals surface area contributed by atoms with E-state index in [0.29, 0.717) is 0 Å². The fourth-order valence-corrected chi connectivity index (χ4v) is 2.34. The minimum absolute atomic E-state index is 0.742. The lowest BCUT2D eigenvalue weighted by Gasteiger charge is -2.16. The fourth-order valence-electron chi connectivity index (χ4n) is 2.34. The molecule has 2 fully saturated rings. The molecular formula is C10H21N3. The van der Waals surface area contributed by atoms with E-state index >= 15 is 0 Å². The van der Waals surface area contributed by atoms with Crippen LogP contribution >= 0.6 is 0 Å². The van der Waals surface area contributed by atoms with Crippen LogP contribution in [0.3, 0.4) is 0 Å². The predicted octanol–water partition coefficient (Wildman–Crippen LogP) is 0.0321. The van der Waals surface area contributed by atoms with Crippen LogP contribution in [-0.4, -0.2) is 50.2 Å². The number of rotatable bonds is 3. The molecule has 3 heteroatoms. The molecule has 76 valence electrons. The smallest absolute Gasteiger partial charge is 0.0207 e. The average Bonchev–Trinajstić information content (AvgIpc) is 2.71. The van der Waals surface area contributed by atoms with E-state index in [9.17, 15) is 0 Å². The van der Waals surface area contributed by atoms with E-state index in [-0.39, 0.29) is 0 Å². The highest BCUT2D eigenvalue weighted by Gasteiger charge is 2.20. The summed E-state index contributed by atoms with van der Waals surface area (Å²) in [5.41, 5.74) is 0. The van der Waals surface area contributed by atoms with Crippen LogP contribution in [0.25, 0.3) is 0 Å². The minimum atomic E-state index is 0.742. The summed E-state index contributed by atoms with van der Waals surface area (Å²) in [6, 6.07) is 1.48. The standard InChI is InChI=1S/C10H21N3/c1-13-6-4-10(8-13)12-7-9-3-2-5-11-9/h9-12H,2-8H2,1H3. The van der Waals surface area contributed by atoms with Gasteiger partial charge in [0.25, 0.3) is 0 Å². The monoisotopic (exact) mass is 183 g/mol. The summed E-state index contributed by atoms with van der Waals surface area (Å²) in [5.74, 6) is 0. The quantitative estimate of drug-likeness (QED) is 0.646. The molecule has 0 bridgehead atoms. The van der Waals surface area contributed by atoms with Gasteiger partial charge in [0, 0.05) is 25.2 Å². The van der Waals surface area contributed by atoms with Crippen molar-refractivity contribution >= 4 is 0 Å². The maximum Gasteiger partial charge on any atom is 0.0207 e. The van der Waals surface area contributed by atoms with Gasteiger partial charge < -0.3 is 15.5 Å². The molecular weight excluding hydrogens is 162 g/mol. The highest BCUT2D eigenvalue weighted by Crippen LogP contribution is 2.08. The summed E-state index contributed by atoms with van der Waals surface area (Å²) in [4.78, 5) is 2.40. The zero-order chi connectivity index (χ0) is 9.10. The van der Waals surface area contributed by atoms with Crippen LogP contribution in [0, 0.1) is 0 Å². The number of nitrogens with one attached hydrogen (secondary N) is 2. The molecule has 0 spiro atoms. The van der Waals surface area contributed by atoms with Crippen molar-refractivity contribution in [2.45, 2.75) is 31.3 Å². The van der Waals surface area contributed by atoms with Crippen LogP contribution in [0.1, 0.15) is 19.3 Å². The van der Waals surface area contributed by atoms with E-state index in [1.54, 1.807) is 0 Å². The van der Waals surface area contributed by atoms with Crippen molar-refractivity contribution in [3.63, 3.8) is 0 Å². The van der Waals surface area contributed by atoms with Crippen LogP contribution in [-0.2, 0) is 0 Å². The summed E-state index contributed by atoms with van der Waals surface area (Å²) in [6.45, 7) is 4.87. The van der Waals surface area contributed by atoms with Crippen LogP contribution in [0.5, 0.6) is 0 Å². The van der Waals surface area contributed by atoms with Gasteiger partial charge in [0.05, 0.1) is 0 Å². The molecule has 0 radical (unpaired) electrons. The first-order valence-electron chi connectivity index (χ1n) is 5.50. The zero-order valence-electron chi connectivity index (χ0n) is 8.55. The van der Waals surface area contributed by atoms with Gasteiger partial charge in [-0.2, -0.15) is 0 Å². The van der Waals surface area contributed by atoms with Crippen LogP contribution < -0.4 is 10.6 Å². The maximum atomic E-state index is 3.65. The third-order valence-corrected chi connectivity index (χ3v) is 3.21. The first kappa shape index (κ1) is 9.44. The lowest BCUT2D eigenvalue weighted by atomic mass is 10.2. The number of likely N-dealkylation sites (N-methyl/N-ethyl adjacent to an activating group) is 1. The van der Waals surface area contributed by atoms with Crippen molar-refractivity contribution in [1.82, 2.24) is 15.5 Å². The summed E-state index contributed by atoms with van der Waals surface area (Å²) < 4.78 is 0. The van der Waals surface area contributed by atoms with Crippen LogP contribution in [0.15, 0.2) is 0 Å². The molecule has 2 atom stereocenters. The van der Waals surface area contributed by atoms with Gasteiger partial charge >= 0.3 is 0 Å². The summed E-state index contributed by atoms with van der Waals surface area (Å²) in [7, 11) is 2.20.